The largest absolute Gasteiger partial charge is 0.492 e. The van der Waals surface area contributed by atoms with Gasteiger partial charge in [-0.05, 0) is 71.6 Å². The van der Waals surface area contributed by atoms with Gasteiger partial charge in [-0.2, -0.15) is 5.10 Å². The second kappa shape index (κ2) is 9.83. The molecule has 4 aromatic rings. The van der Waals surface area contributed by atoms with Crippen molar-refractivity contribution in [1.29, 1.82) is 0 Å². The lowest BCUT2D eigenvalue weighted by molar-refractivity contribution is 0.0952. The molecule has 5 rings (SSSR count). The van der Waals surface area contributed by atoms with Crippen molar-refractivity contribution in [3.8, 4) is 16.9 Å². The molecule has 1 fully saturated rings. The summed E-state index contributed by atoms with van der Waals surface area (Å²) in [5.74, 6) is 0.803. The molecule has 7 nitrogen and oxygen atoms in total. The van der Waals surface area contributed by atoms with Crippen LogP contribution in [0, 0.1) is 0 Å². The van der Waals surface area contributed by atoms with Crippen LogP contribution in [-0.2, 0) is 6.54 Å². The number of fused-ring (bicyclic) bond motifs is 1. The molecule has 168 valence electrons. The van der Waals surface area contributed by atoms with Gasteiger partial charge in [-0.1, -0.05) is 30.3 Å². The molecule has 1 unspecified atom stereocenters. The zero-order chi connectivity index (χ0) is 22.5. The van der Waals surface area contributed by atoms with E-state index in [1.165, 1.54) is 19.2 Å². The SMILES string of the molecule is O=C(NCCn1cncn1)c1ccc2cc(-c3ccc(OCC4CCCN4)cc3)ccc2c1. The van der Waals surface area contributed by atoms with E-state index >= 15 is 0 Å². The third kappa shape index (κ3) is 5.21. The van der Waals surface area contributed by atoms with Gasteiger partial charge in [0.05, 0.1) is 6.54 Å². The molecule has 1 aromatic heterocycles. The van der Waals surface area contributed by atoms with Crippen LogP contribution in [0.15, 0.2) is 73.3 Å². The van der Waals surface area contributed by atoms with Crippen LogP contribution in [0.4, 0.5) is 0 Å². The lowest BCUT2D eigenvalue weighted by Crippen LogP contribution is -2.28. The molecule has 0 aliphatic carbocycles. The standard InChI is InChI=1S/C26H27N5O2/c32-26(29-12-13-31-18-27-17-30-31)23-6-5-21-14-20(3-4-22(21)15-23)19-7-9-25(10-8-19)33-16-24-2-1-11-28-24/h3-10,14-15,17-18,24,28H,1-2,11-13,16H2,(H,29,32). The second-order valence-corrected chi connectivity index (χ2v) is 8.32. The molecule has 33 heavy (non-hydrogen) atoms. The Morgan fingerprint density at radius 3 is 2.67 bits per heavy atom. The Kier molecular flexibility index (Phi) is 6.30. The Hall–Kier alpha value is -3.71. The van der Waals surface area contributed by atoms with Crippen molar-refractivity contribution in [2.45, 2.75) is 25.4 Å². The molecule has 1 aliphatic heterocycles. The summed E-state index contributed by atoms with van der Waals surface area (Å²) in [6.45, 7) is 2.89. The highest BCUT2D eigenvalue weighted by Crippen LogP contribution is 2.27. The fourth-order valence-electron chi connectivity index (χ4n) is 4.14. The minimum Gasteiger partial charge on any atom is -0.492 e. The van der Waals surface area contributed by atoms with Gasteiger partial charge in [-0.25, -0.2) is 4.98 Å². The third-order valence-electron chi connectivity index (χ3n) is 6.00. The Morgan fingerprint density at radius 1 is 1.06 bits per heavy atom. The molecule has 0 radical (unpaired) electrons. The van der Waals surface area contributed by atoms with E-state index in [4.69, 9.17) is 4.74 Å². The first kappa shape index (κ1) is 21.2. The van der Waals surface area contributed by atoms with Crippen LogP contribution in [0.5, 0.6) is 5.75 Å². The van der Waals surface area contributed by atoms with Crippen molar-refractivity contribution in [3.63, 3.8) is 0 Å². The number of carbonyl (C=O) groups excluding carboxylic acids is 1. The van der Waals surface area contributed by atoms with Crippen LogP contribution in [0.3, 0.4) is 0 Å². The van der Waals surface area contributed by atoms with E-state index in [1.54, 1.807) is 11.0 Å². The van der Waals surface area contributed by atoms with E-state index in [0.717, 1.165) is 34.2 Å². The number of hydrogen-bond donors (Lipinski definition) is 2. The lowest BCUT2D eigenvalue weighted by atomic mass is 10.00. The van der Waals surface area contributed by atoms with Gasteiger partial charge in [0.25, 0.3) is 5.91 Å². The van der Waals surface area contributed by atoms with Crippen LogP contribution >= 0.6 is 0 Å². The molecule has 0 bridgehead atoms. The normalized spacial score (nSPS) is 15.6. The quantitative estimate of drug-likeness (QED) is 0.436. The number of rotatable bonds is 8. The summed E-state index contributed by atoms with van der Waals surface area (Å²) in [4.78, 5) is 16.4. The first-order valence-corrected chi connectivity index (χ1v) is 11.4. The van der Waals surface area contributed by atoms with Gasteiger partial charge in [-0.15, -0.1) is 0 Å². The molecule has 1 atom stereocenters. The summed E-state index contributed by atoms with van der Waals surface area (Å²) in [6, 6.07) is 20.8. The van der Waals surface area contributed by atoms with Gasteiger partial charge in [0.2, 0.25) is 0 Å². The summed E-state index contributed by atoms with van der Waals surface area (Å²) in [6.07, 6.45) is 5.53. The van der Waals surface area contributed by atoms with Gasteiger partial charge in [0.15, 0.2) is 0 Å². The van der Waals surface area contributed by atoms with Crippen molar-refractivity contribution in [2.75, 3.05) is 19.7 Å². The molecule has 3 aromatic carbocycles. The number of ether oxygens (including phenoxy) is 1. The molecule has 0 saturated carbocycles. The summed E-state index contributed by atoms with van der Waals surface area (Å²) < 4.78 is 7.62. The predicted molar refractivity (Wildman–Crippen MR) is 128 cm³/mol. The Bertz CT molecular complexity index is 1220. The monoisotopic (exact) mass is 441 g/mol. The summed E-state index contributed by atoms with van der Waals surface area (Å²) >= 11 is 0. The highest BCUT2D eigenvalue weighted by atomic mass is 16.5. The fourth-order valence-corrected chi connectivity index (χ4v) is 4.14. The van der Waals surface area contributed by atoms with Crippen molar-refractivity contribution in [3.05, 3.63) is 78.9 Å². The number of aromatic nitrogens is 3. The van der Waals surface area contributed by atoms with E-state index in [1.807, 2.05) is 30.3 Å². The Balaban J connectivity index is 1.22. The smallest absolute Gasteiger partial charge is 0.251 e. The van der Waals surface area contributed by atoms with Crippen LogP contribution in [-0.4, -0.2) is 46.4 Å². The van der Waals surface area contributed by atoms with E-state index < -0.39 is 0 Å². The van der Waals surface area contributed by atoms with Crippen LogP contribution in [0.25, 0.3) is 21.9 Å². The number of hydrogen-bond acceptors (Lipinski definition) is 5. The highest BCUT2D eigenvalue weighted by Gasteiger charge is 2.14. The zero-order valence-corrected chi connectivity index (χ0v) is 18.4. The summed E-state index contributed by atoms with van der Waals surface area (Å²) in [5, 5.41) is 12.5. The maximum absolute atomic E-state index is 12.5. The second-order valence-electron chi connectivity index (χ2n) is 8.32. The number of amides is 1. The first-order valence-electron chi connectivity index (χ1n) is 11.4. The molecule has 2 N–H and O–H groups in total. The van der Waals surface area contributed by atoms with Crippen molar-refractivity contribution in [1.82, 2.24) is 25.4 Å². The highest BCUT2D eigenvalue weighted by molar-refractivity contribution is 5.99. The van der Waals surface area contributed by atoms with Gasteiger partial charge in [-0.3, -0.25) is 9.48 Å². The van der Waals surface area contributed by atoms with Crippen LogP contribution in [0.2, 0.25) is 0 Å². The minimum absolute atomic E-state index is 0.0931. The molecule has 1 amide bonds. The van der Waals surface area contributed by atoms with Gasteiger partial charge in [0.1, 0.15) is 25.0 Å². The molecular formula is C26H27N5O2. The summed E-state index contributed by atoms with van der Waals surface area (Å²) in [5.41, 5.74) is 2.92. The van der Waals surface area contributed by atoms with E-state index in [-0.39, 0.29) is 5.91 Å². The average molecular weight is 442 g/mol. The predicted octanol–water partition coefficient (Wildman–Crippen LogP) is 3.66. The zero-order valence-electron chi connectivity index (χ0n) is 18.4. The topological polar surface area (TPSA) is 81.1 Å². The van der Waals surface area contributed by atoms with Crippen LogP contribution in [0.1, 0.15) is 23.2 Å². The summed E-state index contributed by atoms with van der Waals surface area (Å²) in [7, 11) is 0. The number of nitrogens with one attached hydrogen (secondary N) is 2. The van der Waals surface area contributed by atoms with Gasteiger partial charge < -0.3 is 15.4 Å². The fraction of sp³-hybridized carbons (Fsp3) is 0.269. The Labute approximate surface area is 192 Å². The molecule has 1 aliphatic rings. The molecule has 7 heteroatoms. The maximum Gasteiger partial charge on any atom is 0.251 e. The number of benzene rings is 3. The maximum atomic E-state index is 12.5. The van der Waals surface area contributed by atoms with Crippen molar-refractivity contribution >= 4 is 16.7 Å². The number of nitrogens with zero attached hydrogens (tertiary/aromatic N) is 3. The Morgan fingerprint density at radius 2 is 1.88 bits per heavy atom. The van der Waals surface area contributed by atoms with Gasteiger partial charge in [0, 0.05) is 18.2 Å². The molecule has 1 saturated heterocycles. The van der Waals surface area contributed by atoms with Crippen molar-refractivity contribution < 1.29 is 9.53 Å². The first-order chi connectivity index (χ1) is 16.2. The molecule has 0 spiro atoms. The van der Waals surface area contributed by atoms with E-state index in [0.29, 0.717) is 31.3 Å². The van der Waals surface area contributed by atoms with E-state index in [2.05, 4.69) is 51.0 Å². The third-order valence-corrected chi connectivity index (χ3v) is 6.00. The van der Waals surface area contributed by atoms with Crippen LogP contribution < -0.4 is 15.4 Å². The minimum atomic E-state index is -0.0931. The van der Waals surface area contributed by atoms with E-state index in [9.17, 15) is 4.79 Å². The average Bonchev–Trinajstić information content (AvgIpc) is 3.57. The number of carbonyl (C=O) groups is 1. The molecule has 2 heterocycles. The van der Waals surface area contributed by atoms with Crippen molar-refractivity contribution in [2.24, 2.45) is 0 Å². The van der Waals surface area contributed by atoms with Gasteiger partial charge >= 0.3 is 0 Å². The lowest BCUT2D eigenvalue weighted by Gasteiger charge is -2.12. The molecular weight excluding hydrogens is 414 g/mol.